The van der Waals surface area contributed by atoms with Gasteiger partial charge in [-0.3, -0.25) is 4.79 Å². The molecule has 0 saturated carbocycles. The van der Waals surface area contributed by atoms with Crippen molar-refractivity contribution < 1.29 is 14.3 Å². The Morgan fingerprint density at radius 1 is 1.00 bits per heavy atom. The molecule has 0 spiro atoms. The zero-order valence-corrected chi connectivity index (χ0v) is 15.9. The highest BCUT2D eigenvalue weighted by atomic mass is 16.5. The third-order valence-electron chi connectivity index (χ3n) is 3.93. The van der Waals surface area contributed by atoms with Gasteiger partial charge in [-0.15, -0.1) is 0 Å². The second-order valence-corrected chi connectivity index (χ2v) is 7.02. The van der Waals surface area contributed by atoms with Crippen LogP contribution < -0.4 is 14.8 Å². The molecule has 26 heavy (non-hydrogen) atoms. The molecule has 2 rings (SSSR count). The van der Waals surface area contributed by atoms with Gasteiger partial charge in [-0.2, -0.15) is 0 Å². The Labute approximate surface area is 155 Å². The van der Waals surface area contributed by atoms with Crippen molar-refractivity contribution in [2.24, 2.45) is 0 Å². The molecule has 0 fully saturated rings. The van der Waals surface area contributed by atoms with E-state index in [-0.39, 0.29) is 11.3 Å². The van der Waals surface area contributed by atoms with Crippen LogP contribution in [0.5, 0.6) is 11.5 Å². The predicted molar refractivity (Wildman–Crippen MR) is 106 cm³/mol. The summed E-state index contributed by atoms with van der Waals surface area (Å²) >= 11 is 0. The summed E-state index contributed by atoms with van der Waals surface area (Å²) < 4.78 is 10.7. The highest BCUT2D eigenvalue weighted by molar-refractivity contribution is 5.91. The van der Waals surface area contributed by atoms with Crippen molar-refractivity contribution in [1.29, 1.82) is 0 Å². The van der Waals surface area contributed by atoms with Crippen molar-refractivity contribution in [3.05, 3.63) is 65.7 Å². The fraction of sp³-hybridized carbons (Fsp3) is 0.318. The standard InChI is InChI=1S/C22H27NO3/c1-22(2,3)18-8-5-17(6-9-18)7-14-21(24)23-15-16-26-20-12-10-19(25-4)11-13-20/h5-14H,15-16H2,1-4H3,(H,23,24)/b14-7+. The van der Waals surface area contributed by atoms with Crippen LogP contribution >= 0.6 is 0 Å². The van der Waals surface area contributed by atoms with E-state index in [0.717, 1.165) is 17.1 Å². The van der Waals surface area contributed by atoms with E-state index < -0.39 is 0 Å². The third kappa shape index (κ3) is 6.28. The van der Waals surface area contributed by atoms with Gasteiger partial charge in [0.25, 0.3) is 0 Å². The van der Waals surface area contributed by atoms with Crippen molar-refractivity contribution in [1.82, 2.24) is 5.32 Å². The number of benzene rings is 2. The lowest BCUT2D eigenvalue weighted by atomic mass is 9.87. The predicted octanol–water partition coefficient (Wildman–Crippen LogP) is 4.20. The Hall–Kier alpha value is -2.75. The lowest BCUT2D eigenvalue weighted by Crippen LogP contribution is -2.26. The van der Waals surface area contributed by atoms with Gasteiger partial charge in [-0.1, -0.05) is 45.0 Å². The Bertz CT molecular complexity index is 725. The van der Waals surface area contributed by atoms with E-state index in [2.05, 4.69) is 38.2 Å². The highest BCUT2D eigenvalue weighted by Crippen LogP contribution is 2.22. The summed E-state index contributed by atoms with van der Waals surface area (Å²) in [6.07, 6.45) is 3.35. The van der Waals surface area contributed by atoms with E-state index >= 15 is 0 Å². The summed E-state index contributed by atoms with van der Waals surface area (Å²) in [4.78, 5) is 11.9. The molecule has 0 heterocycles. The zero-order valence-electron chi connectivity index (χ0n) is 15.9. The lowest BCUT2D eigenvalue weighted by Gasteiger charge is -2.18. The van der Waals surface area contributed by atoms with Crippen LogP contribution in [0.2, 0.25) is 0 Å². The first kappa shape index (κ1) is 19.6. The van der Waals surface area contributed by atoms with Gasteiger partial charge < -0.3 is 14.8 Å². The average molecular weight is 353 g/mol. The molecule has 4 nitrogen and oxygen atoms in total. The number of carbonyl (C=O) groups excluding carboxylic acids is 1. The van der Waals surface area contributed by atoms with E-state index in [9.17, 15) is 4.79 Å². The largest absolute Gasteiger partial charge is 0.497 e. The van der Waals surface area contributed by atoms with Crippen LogP contribution in [0.4, 0.5) is 0 Å². The topological polar surface area (TPSA) is 47.6 Å². The maximum absolute atomic E-state index is 11.9. The molecule has 0 unspecified atom stereocenters. The summed E-state index contributed by atoms with van der Waals surface area (Å²) in [5, 5.41) is 2.81. The first-order chi connectivity index (χ1) is 12.4. The van der Waals surface area contributed by atoms with Gasteiger partial charge in [0.1, 0.15) is 18.1 Å². The number of ether oxygens (including phenoxy) is 2. The maximum atomic E-state index is 11.9. The van der Waals surface area contributed by atoms with Crippen LogP contribution in [0.1, 0.15) is 31.9 Å². The molecule has 0 atom stereocenters. The number of hydrogen-bond acceptors (Lipinski definition) is 3. The van der Waals surface area contributed by atoms with Crippen molar-refractivity contribution >= 4 is 12.0 Å². The van der Waals surface area contributed by atoms with Gasteiger partial charge >= 0.3 is 0 Å². The Morgan fingerprint density at radius 2 is 1.62 bits per heavy atom. The summed E-state index contributed by atoms with van der Waals surface area (Å²) in [6, 6.07) is 15.6. The van der Waals surface area contributed by atoms with Gasteiger partial charge in [0.05, 0.1) is 13.7 Å². The maximum Gasteiger partial charge on any atom is 0.244 e. The van der Waals surface area contributed by atoms with Gasteiger partial charge in [-0.25, -0.2) is 0 Å². The molecular formula is C22H27NO3. The summed E-state index contributed by atoms with van der Waals surface area (Å²) in [5.41, 5.74) is 2.40. The normalized spacial score (nSPS) is 11.4. The molecule has 0 bridgehead atoms. The molecule has 138 valence electrons. The van der Waals surface area contributed by atoms with Crippen molar-refractivity contribution in [2.75, 3.05) is 20.3 Å². The molecule has 0 aromatic heterocycles. The monoisotopic (exact) mass is 353 g/mol. The first-order valence-electron chi connectivity index (χ1n) is 8.72. The minimum Gasteiger partial charge on any atom is -0.497 e. The molecule has 0 aliphatic carbocycles. The number of rotatable bonds is 7. The van der Waals surface area contributed by atoms with E-state index in [4.69, 9.17) is 9.47 Å². The van der Waals surface area contributed by atoms with Crippen molar-refractivity contribution in [3.8, 4) is 11.5 Å². The highest BCUT2D eigenvalue weighted by Gasteiger charge is 2.12. The molecule has 1 amide bonds. The van der Waals surface area contributed by atoms with Crippen LogP contribution in [0, 0.1) is 0 Å². The third-order valence-corrected chi connectivity index (χ3v) is 3.93. The van der Waals surface area contributed by atoms with E-state index in [1.165, 1.54) is 5.56 Å². The fourth-order valence-corrected chi connectivity index (χ4v) is 2.34. The number of nitrogens with one attached hydrogen (secondary N) is 1. The Balaban J connectivity index is 1.73. The first-order valence-corrected chi connectivity index (χ1v) is 8.72. The molecule has 0 aliphatic heterocycles. The lowest BCUT2D eigenvalue weighted by molar-refractivity contribution is -0.116. The van der Waals surface area contributed by atoms with Crippen LogP contribution in [0.3, 0.4) is 0 Å². The second kappa shape index (κ2) is 9.09. The molecular weight excluding hydrogens is 326 g/mol. The van der Waals surface area contributed by atoms with Crippen LogP contribution in [-0.2, 0) is 10.2 Å². The molecule has 2 aromatic rings. The molecule has 0 saturated heterocycles. The van der Waals surface area contributed by atoms with E-state index in [1.807, 2.05) is 42.5 Å². The van der Waals surface area contributed by atoms with E-state index in [1.54, 1.807) is 13.2 Å². The quantitative estimate of drug-likeness (QED) is 0.599. The van der Waals surface area contributed by atoms with Crippen LogP contribution in [0.25, 0.3) is 6.08 Å². The number of methoxy groups -OCH3 is 1. The summed E-state index contributed by atoms with van der Waals surface area (Å²) in [6.45, 7) is 7.39. The second-order valence-electron chi connectivity index (χ2n) is 7.02. The van der Waals surface area contributed by atoms with Gasteiger partial charge in [0, 0.05) is 6.08 Å². The van der Waals surface area contributed by atoms with Crippen LogP contribution in [0.15, 0.2) is 54.6 Å². The SMILES string of the molecule is COc1ccc(OCCNC(=O)/C=C/c2ccc(C(C)(C)C)cc2)cc1. The minimum atomic E-state index is -0.136. The Morgan fingerprint density at radius 3 is 2.19 bits per heavy atom. The molecule has 1 N–H and O–H groups in total. The summed E-state index contributed by atoms with van der Waals surface area (Å²) in [5.74, 6) is 1.39. The number of hydrogen-bond donors (Lipinski definition) is 1. The average Bonchev–Trinajstić information content (AvgIpc) is 2.63. The van der Waals surface area contributed by atoms with Crippen molar-refractivity contribution in [3.63, 3.8) is 0 Å². The zero-order chi connectivity index (χ0) is 19.0. The van der Waals surface area contributed by atoms with Gasteiger partial charge in [0.15, 0.2) is 0 Å². The smallest absolute Gasteiger partial charge is 0.244 e. The van der Waals surface area contributed by atoms with Gasteiger partial charge in [-0.05, 0) is 46.9 Å². The molecule has 2 aromatic carbocycles. The minimum absolute atomic E-state index is 0.128. The number of amides is 1. The van der Waals surface area contributed by atoms with Crippen molar-refractivity contribution in [2.45, 2.75) is 26.2 Å². The number of carbonyl (C=O) groups is 1. The molecule has 0 radical (unpaired) electrons. The molecule has 4 heteroatoms. The summed E-state index contributed by atoms with van der Waals surface area (Å²) in [7, 11) is 1.62. The van der Waals surface area contributed by atoms with Crippen LogP contribution in [-0.4, -0.2) is 26.2 Å². The molecule has 0 aliphatic rings. The van der Waals surface area contributed by atoms with Gasteiger partial charge in [0.2, 0.25) is 5.91 Å². The fourth-order valence-electron chi connectivity index (χ4n) is 2.34. The van der Waals surface area contributed by atoms with E-state index in [0.29, 0.717) is 13.2 Å². The Kier molecular flexibility index (Phi) is 6.84.